The molecule has 0 amide bonds. The fraction of sp³-hybridized carbons (Fsp3) is 0.625. The number of carbonyl (C=O) groups is 2. The van der Waals surface area contributed by atoms with E-state index in [-0.39, 0.29) is 26.1 Å². The summed E-state index contributed by atoms with van der Waals surface area (Å²) >= 11 is 0. The zero-order valence-electron chi connectivity index (χ0n) is 37.0. The Bertz CT molecular complexity index is 1300. The Morgan fingerprint density at radius 3 is 1.47 bits per heavy atom. The molecule has 0 radical (unpaired) electrons. The first-order chi connectivity index (χ1) is 28.0. The van der Waals surface area contributed by atoms with Crippen molar-refractivity contribution in [3.8, 4) is 0 Å². The van der Waals surface area contributed by atoms with Gasteiger partial charge in [0.1, 0.15) is 19.8 Å². The van der Waals surface area contributed by atoms with E-state index in [0.717, 1.165) is 83.5 Å². The molecule has 0 aliphatic rings. The molecule has 0 aliphatic heterocycles. The molecule has 0 rings (SSSR count). The average Bonchev–Trinajstić information content (AvgIpc) is 3.17. The third-order valence-electron chi connectivity index (χ3n) is 8.60. The molecule has 0 spiro atoms. The Hall–Kier alpha value is -3.07. The topological polar surface area (TPSA) is 108 Å². The van der Waals surface area contributed by atoms with E-state index in [4.69, 9.17) is 18.5 Å². The highest BCUT2D eigenvalue weighted by molar-refractivity contribution is 7.47. The minimum Gasteiger partial charge on any atom is -0.462 e. The number of hydrogen-bond donors (Lipinski definition) is 1. The van der Waals surface area contributed by atoms with Gasteiger partial charge in [0.15, 0.2) is 6.10 Å². The lowest BCUT2D eigenvalue weighted by atomic mass is 10.1. The van der Waals surface area contributed by atoms with Crippen molar-refractivity contribution in [2.45, 2.75) is 148 Å². The van der Waals surface area contributed by atoms with Gasteiger partial charge in [-0.15, -0.1) is 0 Å². The van der Waals surface area contributed by atoms with Crippen LogP contribution >= 0.6 is 7.82 Å². The summed E-state index contributed by atoms with van der Waals surface area (Å²) in [5.41, 5.74) is 0. The summed E-state index contributed by atoms with van der Waals surface area (Å²) < 4.78 is 34.2. The highest BCUT2D eigenvalue weighted by Crippen LogP contribution is 2.43. The van der Waals surface area contributed by atoms with Crippen LogP contribution in [0.5, 0.6) is 0 Å². The van der Waals surface area contributed by atoms with Gasteiger partial charge < -0.3 is 18.9 Å². The molecule has 0 heterocycles. The van der Waals surface area contributed by atoms with Gasteiger partial charge in [-0.1, -0.05) is 130 Å². The number of phosphoric acid groups is 1. The molecule has 1 N–H and O–H groups in total. The highest BCUT2D eigenvalue weighted by Gasteiger charge is 2.27. The molecule has 330 valence electrons. The lowest BCUT2D eigenvalue weighted by Gasteiger charge is -2.24. The van der Waals surface area contributed by atoms with Crippen LogP contribution in [-0.2, 0) is 32.7 Å². The molecular weight excluding hydrogens is 750 g/mol. The van der Waals surface area contributed by atoms with Crippen LogP contribution < -0.4 is 0 Å². The summed E-state index contributed by atoms with van der Waals surface area (Å²) in [7, 11) is 1.41. The summed E-state index contributed by atoms with van der Waals surface area (Å²) in [6, 6.07) is 0. The maximum Gasteiger partial charge on any atom is 0.472 e. The van der Waals surface area contributed by atoms with Crippen molar-refractivity contribution in [1.29, 1.82) is 0 Å². The fourth-order valence-electron chi connectivity index (χ4n) is 5.16. The van der Waals surface area contributed by atoms with E-state index < -0.39 is 32.5 Å². The van der Waals surface area contributed by atoms with Gasteiger partial charge in [-0.3, -0.25) is 18.6 Å². The van der Waals surface area contributed by atoms with Crippen LogP contribution in [0, 0.1) is 0 Å². The van der Waals surface area contributed by atoms with Gasteiger partial charge in [-0.2, -0.15) is 0 Å². The van der Waals surface area contributed by atoms with Crippen LogP contribution in [0.3, 0.4) is 0 Å². The van der Waals surface area contributed by atoms with Gasteiger partial charge in [-0.05, 0) is 96.3 Å². The minimum absolute atomic E-state index is 0.0130. The monoisotopic (exact) mass is 831 g/mol. The van der Waals surface area contributed by atoms with Crippen LogP contribution in [0.25, 0.3) is 0 Å². The third-order valence-corrected chi connectivity index (χ3v) is 9.58. The first-order valence-electron chi connectivity index (χ1n) is 22.0. The van der Waals surface area contributed by atoms with E-state index in [1.807, 2.05) is 21.1 Å². The first-order valence-corrected chi connectivity index (χ1v) is 23.5. The Morgan fingerprint density at radius 2 is 0.983 bits per heavy atom. The van der Waals surface area contributed by atoms with Gasteiger partial charge in [0.25, 0.3) is 0 Å². The van der Waals surface area contributed by atoms with Crippen LogP contribution in [0.2, 0.25) is 0 Å². The van der Waals surface area contributed by atoms with Crippen LogP contribution in [-0.4, -0.2) is 74.9 Å². The molecule has 58 heavy (non-hydrogen) atoms. The number of unbranched alkanes of at least 4 members (excludes halogenated alkanes) is 8. The largest absolute Gasteiger partial charge is 0.472 e. The van der Waals surface area contributed by atoms with Crippen LogP contribution in [0.4, 0.5) is 0 Å². The lowest BCUT2D eigenvalue weighted by molar-refractivity contribution is -0.870. The SMILES string of the molecule is CC/C=C\C/C=C\C/C=C\C/C=C\C/C=C\CCCCCC(=O)O[C@H](COC(=O)CCCC/C=C\C/C=C\C/C=C\CCCCC)COP(=O)(O)OCC[N+](C)(C)C. The number of likely N-dealkylation sites (N-methyl/N-ethyl adjacent to an activating group) is 1. The molecule has 0 aliphatic carbocycles. The smallest absolute Gasteiger partial charge is 0.462 e. The molecule has 0 aromatic heterocycles. The number of carbonyl (C=O) groups excluding carboxylic acids is 2. The lowest BCUT2D eigenvalue weighted by Crippen LogP contribution is -2.37. The standard InChI is InChI=1S/C48H80NO8P/c1-6-8-10-12-14-16-18-20-22-23-24-25-27-29-31-33-35-37-39-41-48(51)57-46(45-56-58(52,53)55-43-42-49(3,4)5)44-54-47(50)40-38-36-34-32-30-28-26-21-19-17-15-13-11-9-7-2/h8,10,14-17,20-22,24-26,29-32,46H,6-7,9,11-13,18-19,23,27-28,33-45H2,1-5H3/p+1/b10-8-,16-14-,17-15-,22-20-,25-24-,26-21-,31-29-,32-30-/t46-/m1/s1. The van der Waals surface area contributed by atoms with E-state index in [2.05, 4.69) is 111 Å². The van der Waals surface area contributed by atoms with Gasteiger partial charge in [0.2, 0.25) is 0 Å². The minimum atomic E-state index is -4.40. The quantitative estimate of drug-likeness (QED) is 0.0215. The van der Waals surface area contributed by atoms with Crippen molar-refractivity contribution < 1.29 is 42.1 Å². The van der Waals surface area contributed by atoms with E-state index >= 15 is 0 Å². The van der Waals surface area contributed by atoms with E-state index in [1.165, 1.54) is 19.3 Å². The van der Waals surface area contributed by atoms with Crippen molar-refractivity contribution in [2.24, 2.45) is 0 Å². The predicted molar refractivity (Wildman–Crippen MR) is 242 cm³/mol. The molecule has 0 bridgehead atoms. The van der Waals surface area contributed by atoms with E-state index in [1.54, 1.807) is 0 Å². The number of allylic oxidation sites excluding steroid dienone is 16. The molecule has 0 saturated heterocycles. The summed E-state index contributed by atoms with van der Waals surface area (Å²) in [6.07, 6.45) is 51.7. The summed E-state index contributed by atoms with van der Waals surface area (Å²) in [5.74, 6) is -0.893. The Balaban J connectivity index is 4.52. The number of ether oxygens (including phenoxy) is 2. The Morgan fingerprint density at radius 1 is 0.552 bits per heavy atom. The first kappa shape index (κ1) is 54.9. The second-order valence-corrected chi connectivity index (χ2v) is 16.8. The number of nitrogens with zero attached hydrogens (tertiary/aromatic N) is 1. The Labute approximate surface area is 353 Å². The van der Waals surface area contributed by atoms with Crippen molar-refractivity contribution in [3.63, 3.8) is 0 Å². The number of hydrogen-bond acceptors (Lipinski definition) is 7. The molecule has 0 saturated carbocycles. The summed E-state index contributed by atoms with van der Waals surface area (Å²) in [5, 5.41) is 0. The maximum atomic E-state index is 12.7. The van der Waals surface area contributed by atoms with Crippen molar-refractivity contribution in [1.82, 2.24) is 0 Å². The van der Waals surface area contributed by atoms with Gasteiger partial charge >= 0.3 is 19.8 Å². The van der Waals surface area contributed by atoms with Gasteiger partial charge in [0, 0.05) is 12.8 Å². The molecule has 9 nitrogen and oxygen atoms in total. The van der Waals surface area contributed by atoms with Gasteiger partial charge in [-0.25, -0.2) is 4.57 Å². The van der Waals surface area contributed by atoms with Crippen molar-refractivity contribution in [2.75, 3.05) is 47.5 Å². The molecule has 0 fully saturated rings. The molecular formula is C48H81NO8P+. The molecule has 0 aromatic rings. The molecule has 10 heteroatoms. The highest BCUT2D eigenvalue weighted by atomic mass is 31.2. The number of phosphoric ester groups is 1. The normalized spacial score (nSPS) is 14.5. The molecule has 1 unspecified atom stereocenters. The average molecular weight is 831 g/mol. The summed E-state index contributed by atoms with van der Waals surface area (Å²) in [6.45, 7) is 4.16. The van der Waals surface area contributed by atoms with Crippen LogP contribution in [0.1, 0.15) is 142 Å². The zero-order valence-corrected chi connectivity index (χ0v) is 37.9. The number of rotatable bonds is 38. The molecule has 2 atom stereocenters. The van der Waals surface area contributed by atoms with E-state index in [9.17, 15) is 19.0 Å². The maximum absolute atomic E-state index is 12.7. The van der Waals surface area contributed by atoms with Crippen molar-refractivity contribution in [3.05, 3.63) is 97.2 Å². The number of esters is 2. The summed E-state index contributed by atoms with van der Waals surface area (Å²) in [4.78, 5) is 35.4. The van der Waals surface area contributed by atoms with Gasteiger partial charge in [0.05, 0.1) is 27.7 Å². The number of quaternary nitrogens is 1. The van der Waals surface area contributed by atoms with Crippen LogP contribution in [0.15, 0.2) is 97.2 Å². The van der Waals surface area contributed by atoms with Crippen molar-refractivity contribution >= 4 is 19.8 Å². The predicted octanol–water partition coefficient (Wildman–Crippen LogP) is 12.6. The second kappa shape index (κ2) is 39.4. The third kappa shape index (κ3) is 42.5. The van der Waals surface area contributed by atoms with E-state index in [0.29, 0.717) is 23.9 Å². The zero-order chi connectivity index (χ0) is 42.8. The second-order valence-electron chi connectivity index (χ2n) is 15.3. The molecule has 0 aromatic carbocycles. The fourth-order valence-corrected chi connectivity index (χ4v) is 5.90. The Kier molecular flexibility index (Phi) is 37.3.